The lowest BCUT2D eigenvalue weighted by atomic mass is 10.2. The van der Waals surface area contributed by atoms with Gasteiger partial charge in [-0.3, -0.25) is 0 Å². The number of nitrogens with one attached hydrogen (secondary N) is 1. The van der Waals surface area contributed by atoms with Gasteiger partial charge in [0.15, 0.2) is 0 Å². The van der Waals surface area contributed by atoms with Crippen LogP contribution >= 0.6 is 23.2 Å². The van der Waals surface area contributed by atoms with E-state index >= 15 is 0 Å². The van der Waals surface area contributed by atoms with E-state index in [0.717, 1.165) is 24.4 Å². The molecule has 1 heterocycles. The first-order valence-corrected chi connectivity index (χ1v) is 6.79. The van der Waals surface area contributed by atoms with Gasteiger partial charge in [-0.1, -0.05) is 30.1 Å². The van der Waals surface area contributed by atoms with E-state index in [1.165, 1.54) is 0 Å². The van der Waals surface area contributed by atoms with Crippen LogP contribution in [0.5, 0.6) is 5.75 Å². The minimum absolute atomic E-state index is 0.352. The number of hydrogen-bond donors (Lipinski definition) is 1. The summed E-state index contributed by atoms with van der Waals surface area (Å²) in [6, 6.07) is 7.05. The van der Waals surface area contributed by atoms with Crippen LogP contribution < -0.4 is 10.1 Å². The van der Waals surface area contributed by atoms with Crippen LogP contribution in [0.4, 0.5) is 0 Å². The zero-order valence-corrected chi connectivity index (χ0v) is 12.1. The van der Waals surface area contributed by atoms with Crippen LogP contribution in [-0.2, 0) is 13.2 Å². The Morgan fingerprint density at radius 2 is 1.95 bits per heavy atom. The molecule has 2 aromatic rings. The molecule has 0 spiro atoms. The summed E-state index contributed by atoms with van der Waals surface area (Å²) in [4.78, 5) is 0. The molecule has 2 rings (SSSR count). The van der Waals surface area contributed by atoms with Gasteiger partial charge >= 0.3 is 0 Å². The van der Waals surface area contributed by atoms with E-state index < -0.39 is 0 Å². The number of halogens is 2. The van der Waals surface area contributed by atoms with Crippen LogP contribution in [0, 0.1) is 0 Å². The van der Waals surface area contributed by atoms with Crippen LogP contribution in [0.25, 0.3) is 0 Å². The van der Waals surface area contributed by atoms with Crippen molar-refractivity contribution in [2.24, 2.45) is 0 Å². The first-order chi connectivity index (χ1) is 9.19. The fraction of sp³-hybridized carbons (Fsp3) is 0.286. The molecule has 0 aliphatic carbocycles. The normalized spacial score (nSPS) is 10.7. The fourth-order valence-corrected chi connectivity index (χ4v) is 2.18. The van der Waals surface area contributed by atoms with Crippen LogP contribution in [0.15, 0.2) is 34.9 Å². The third-order valence-electron chi connectivity index (χ3n) is 2.61. The number of benzene rings is 1. The molecule has 0 unspecified atom stereocenters. The first kappa shape index (κ1) is 14.3. The topological polar surface area (TPSA) is 34.4 Å². The smallest absolute Gasteiger partial charge is 0.146 e. The lowest BCUT2D eigenvalue weighted by Gasteiger charge is -2.07. The predicted octanol–water partition coefficient (Wildman–Crippen LogP) is 4.27. The average Bonchev–Trinajstić information content (AvgIpc) is 2.80. The molecule has 0 radical (unpaired) electrons. The summed E-state index contributed by atoms with van der Waals surface area (Å²) in [5.74, 6) is 1.43. The third-order valence-corrected chi connectivity index (χ3v) is 3.05. The average molecular weight is 300 g/mol. The summed E-state index contributed by atoms with van der Waals surface area (Å²) in [7, 11) is 0. The van der Waals surface area contributed by atoms with Gasteiger partial charge in [-0.15, -0.1) is 0 Å². The minimum Gasteiger partial charge on any atom is -0.486 e. The SMILES string of the molecule is CCNCc1ccoc1COc1cc(Cl)cc(Cl)c1. The van der Waals surface area contributed by atoms with Crippen LogP contribution in [0.3, 0.4) is 0 Å². The molecule has 5 heteroatoms. The molecule has 0 aliphatic rings. The summed E-state index contributed by atoms with van der Waals surface area (Å²) >= 11 is 11.8. The zero-order valence-electron chi connectivity index (χ0n) is 10.6. The second-order valence-electron chi connectivity index (χ2n) is 4.04. The lowest BCUT2D eigenvalue weighted by molar-refractivity contribution is 0.268. The summed E-state index contributed by atoms with van der Waals surface area (Å²) in [6.45, 7) is 4.09. The Hall–Kier alpha value is -1.16. The first-order valence-electron chi connectivity index (χ1n) is 6.04. The van der Waals surface area contributed by atoms with E-state index in [9.17, 15) is 0 Å². The Morgan fingerprint density at radius 3 is 2.63 bits per heavy atom. The van der Waals surface area contributed by atoms with Crippen molar-refractivity contribution in [3.05, 3.63) is 51.9 Å². The maximum Gasteiger partial charge on any atom is 0.146 e. The monoisotopic (exact) mass is 299 g/mol. The molecule has 0 saturated carbocycles. The van der Waals surface area contributed by atoms with Gasteiger partial charge in [-0.2, -0.15) is 0 Å². The number of rotatable bonds is 6. The molecule has 0 aliphatic heterocycles. The number of furan rings is 1. The van der Waals surface area contributed by atoms with Gasteiger partial charge in [-0.05, 0) is 30.8 Å². The standard InChI is InChI=1S/C14H15Cl2NO2/c1-2-17-8-10-3-4-18-14(10)9-19-13-6-11(15)5-12(16)7-13/h3-7,17H,2,8-9H2,1H3. The summed E-state index contributed by atoms with van der Waals surface area (Å²) in [5.41, 5.74) is 1.09. The van der Waals surface area contributed by atoms with Crippen molar-refractivity contribution in [3.63, 3.8) is 0 Å². The highest BCUT2D eigenvalue weighted by Crippen LogP contribution is 2.25. The van der Waals surface area contributed by atoms with Crippen LogP contribution in [0.1, 0.15) is 18.2 Å². The van der Waals surface area contributed by atoms with Crippen molar-refractivity contribution in [2.75, 3.05) is 6.54 Å². The molecule has 3 nitrogen and oxygen atoms in total. The Labute approximate surface area is 122 Å². The molecule has 0 bridgehead atoms. The Kier molecular flexibility index (Phi) is 5.14. The third kappa shape index (κ3) is 4.16. The van der Waals surface area contributed by atoms with Gasteiger partial charge in [0.1, 0.15) is 18.1 Å². The zero-order chi connectivity index (χ0) is 13.7. The number of hydrogen-bond acceptors (Lipinski definition) is 3. The Balaban J connectivity index is 2.00. The molecule has 0 amide bonds. The highest BCUT2D eigenvalue weighted by atomic mass is 35.5. The molecule has 0 fully saturated rings. The second kappa shape index (κ2) is 6.85. The van der Waals surface area contributed by atoms with Crippen molar-refractivity contribution in [1.82, 2.24) is 5.32 Å². The van der Waals surface area contributed by atoms with Crippen molar-refractivity contribution in [3.8, 4) is 5.75 Å². The van der Waals surface area contributed by atoms with Crippen molar-refractivity contribution >= 4 is 23.2 Å². The van der Waals surface area contributed by atoms with Gasteiger partial charge < -0.3 is 14.5 Å². The summed E-state index contributed by atoms with van der Waals surface area (Å²) in [6.07, 6.45) is 1.66. The van der Waals surface area contributed by atoms with Crippen molar-refractivity contribution in [1.29, 1.82) is 0 Å². The Bertz CT molecular complexity index is 520. The molecule has 1 aromatic heterocycles. The molecular weight excluding hydrogens is 285 g/mol. The molecule has 0 saturated heterocycles. The highest BCUT2D eigenvalue weighted by molar-refractivity contribution is 6.34. The quantitative estimate of drug-likeness (QED) is 0.865. The Morgan fingerprint density at radius 1 is 1.21 bits per heavy atom. The largest absolute Gasteiger partial charge is 0.486 e. The molecule has 102 valence electrons. The van der Waals surface area contributed by atoms with E-state index in [2.05, 4.69) is 12.2 Å². The van der Waals surface area contributed by atoms with Gasteiger partial charge in [0.05, 0.1) is 6.26 Å². The molecule has 19 heavy (non-hydrogen) atoms. The van der Waals surface area contributed by atoms with E-state index in [1.54, 1.807) is 24.5 Å². The highest BCUT2D eigenvalue weighted by Gasteiger charge is 2.07. The molecule has 0 atom stereocenters. The van der Waals surface area contributed by atoms with Gasteiger partial charge in [-0.25, -0.2) is 0 Å². The second-order valence-corrected chi connectivity index (χ2v) is 4.92. The van der Waals surface area contributed by atoms with E-state index in [4.69, 9.17) is 32.4 Å². The summed E-state index contributed by atoms with van der Waals surface area (Å²) in [5, 5.41) is 4.35. The fourth-order valence-electron chi connectivity index (χ4n) is 1.67. The van der Waals surface area contributed by atoms with Gasteiger partial charge in [0.25, 0.3) is 0 Å². The maximum atomic E-state index is 5.91. The van der Waals surface area contributed by atoms with E-state index in [0.29, 0.717) is 22.4 Å². The predicted molar refractivity (Wildman–Crippen MR) is 76.9 cm³/mol. The maximum absolute atomic E-state index is 5.91. The lowest BCUT2D eigenvalue weighted by Crippen LogP contribution is -2.12. The molecule has 1 aromatic carbocycles. The van der Waals surface area contributed by atoms with Gasteiger partial charge in [0, 0.05) is 22.2 Å². The van der Waals surface area contributed by atoms with Crippen LogP contribution in [-0.4, -0.2) is 6.54 Å². The molecular formula is C14H15Cl2NO2. The van der Waals surface area contributed by atoms with E-state index in [1.807, 2.05) is 6.07 Å². The van der Waals surface area contributed by atoms with Gasteiger partial charge in [0.2, 0.25) is 0 Å². The van der Waals surface area contributed by atoms with E-state index in [-0.39, 0.29) is 0 Å². The van der Waals surface area contributed by atoms with Crippen molar-refractivity contribution < 1.29 is 9.15 Å². The van der Waals surface area contributed by atoms with Crippen LogP contribution in [0.2, 0.25) is 10.0 Å². The summed E-state index contributed by atoms with van der Waals surface area (Å²) < 4.78 is 11.1. The minimum atomic E-state index is 0.352. The van der Waals surface area contributed by atoms with Crippen molar-refractivity contribution in [2.45, 2.75) is 20.1 Å². The molecule has 1 N–H and O–H groups in total. The number of ether oxygens (including phenoxy) is 1.